The Morgan fingerprint density at radius 3 is 2.94 bits per heavy atom. The van der Waals surface area contributed by atoms with Gasteiger partial charge in [-0.05, 0) is 18.4 Å². The zero-order chi connectivity index (χ0) is 12.5. The molecule has 0 radical (unpaired) electrons. The second-order valence-electron chi connectivity index (χ2n) is 3.79. The van der Waals surface area contributed by atoms with Gasteiger partial charge in [-0.15, -0.1) is 11.3 Å². The van der Waals surface area contributed by atoms with E-state index in [1.165, 1.54) is 4.88 Å². The molecule has 0 fully saturated rings. The number of hydrogen-bond donors (Lipinski definition) is 3. The van der Waals surface area contributed by atoms with Crippen LogP contribution in [0.4, 0.5) is 0 Å². The molecule has 1 aromatic rings. The molecule has 0 aromatic carbocycles. The molecule has 1 heterocycles. The van der Waals surface area contributed by atoms with Crippen LogP contribution in [0.15, 0.2) is 22.5 Å². The van der Waals surface area contributed by atoms with Crippen molar-refractivity contribution in [3.63, 3.8) is 0 Å². The van der Waals surface area contributed by atoms with Crippen LogP contribution in [0.3, 0.4) is 0 Å². The summed E-state index contributed by atoms with van der Waals surface area (Å²) in [5.74, 6) is 1.20. The van der Waals surface area contributed by atoms with Crippen molar-refractivity contribution in [1.82, 2.24) is 10.6 Å². The van der Waals surface area contributed by atoms with Crippen LogP contribution in [0.25, 0.3) is 0 Å². The molecule has 0 spiro atoms. The Balaban J connectivity index is 2.47. The number of rotatable bonds is 6. The highest BCUT2D eigenvalue weighted by Crippen LogP contribution is 2.20. The van der Waals surface area contributed by atoms with E-state index in [0.29, 0.717) is 12.5 Å². The normalized spacial score (nSPS) is 13.5. The van der Waals surface area contributed by atoms with Gasteiger partial charge in [0, 0.05) is 23.9 Å². The first-order valence-electron chi connectivity index (χ1n) is 5.94. The van der Waals surface area contributed by atoms with Crippen molar-refractivity contribution in [3.8, 4) is 0 Å². The van der Waals surface area contributed by atoms with Crippen molar-refractivity contribution >= 4 is 17.3 Å². The lowest BCUT2D eigenvalue weighted by atomic mass is 10.1. The fourth-order valence-corrected chi connectivity index (χ4v) is 2.18. The van der Waals surface area contributed by atoms with Crippen LogP contribution >= 0.6 is 11.3 Å². The van der Waals surface area contributed by atoms with Crippen LogP contribution in [0.1, 0.15) is 24.6 Å². The average molecular weight is 255 g/mol. The lowest BCUT2D eigenvalue weighted by Gasteiger charge is -2.11. The van der Waals surface area contributed by atoms with E-state index in [4.69, 9.17) is 5.11 Å². The van der Waals surface area contributed by atoms with Crippen LogP contribution in [0.2, 0.25) is 0 Å². The first-order valence-corrected chi connectivity index (χ1v) is 6.82. The predicted octanol–water partition coefficient (Wildman–Crippen LogP) is 1.40. The van der Waals surface area contributed by atoms with Crippen LogP contribution < -0.4 is 10.6 Å². The Hall–Kier alpha value is -1.07. The molecular weight excluding hydrogens is 234 g/mol. The molecule has 5 heteroatoms. The zero-order valence-electron chi connectivity index (χ0n) is 10.4. The topological polar surface area (TPSA) is 56.7 Å². The maximum atomic E-state index is 8.77. The summed E-state index contributed by atoms with van der Waals surface area (Å²) in [6, 6.07) is 4.20. The molecule has 0 amide bonds. The third-order valence-corrected chi connectivity index (χ3v) is 3.40. The Bertz CT molecular complexity index is 325. The molecule has 1 rings (SSSR count). The SMILES string of the molecule is CCNC(=NCC(C)c1cccs1)NCCO. The van der Waals surface area contributed by atoms with Crippen LogP contribution in [-0.4, -0.2) is 37.3 Å². The number of aliphatic hydroxyl groups excluding tert-OH is 1. The number of hydrogen-bond acceptors (Lipinski definition) is 3. The maximum absolute atomic E-state index is 8.77. The summed E-state index contributed by atoms with van der Waals surface area (Å²) in [4.78, 5) is 5.85. The van der Waals surface area contributed by atoms with E-state index in [9.17, 15) is 0 Å². The van der Waals surface area contributed by atoms with Gasteiger partial charge in [0.1, 0.15) is 0 Å². The first kappa shape index (κ1) is 14.0. The lowest BCUT2D eigenvalue weighted by Crippen LogP contribution is -2.38. The number of guanidine groups is 1. The molecule has 0 aliphatic rings. The van der Waals surface area contributed by atoms with Gasteiger partial charge >= 0.3 is 0 Å². The molecule has 0 bridgehead atoms. The van der Waals surface area contributed by atoms with Gasteiger partial charge in [-0.1, -0.05) is 13.0 Å². The van der Waals surface area contributed by atoms with Gasteiger partial charge in [-0.3, -0.25) is 4.99 Å². The minimum atomic E-state index is 0.116. The van der Waals surface area contributed by atoms with Crippen molar-refractivity contribution in [2.45, 2.75) is 19.8 Å². The van der Waals surface area contributed by atoms with Crippen molar-refractivity contribution < 1.29 is 5.11 Å². The zero-order valence-corrected chi connectivity index (χ0v) is 11.3. The van der Waals surface area contributed by atoms with Gasteiger partial charge in [-0.2, -0.15) is 0 Å². The first-order chi connectivity index (χ1) is 8.27. The summed E-state index contributed by atoms with van der Waals surface area (Å²) in [6.07, 6.45) is 0. The quantitative estimate of drug-likeness (QED) is 0.532. The van der Waals surface area contributed by atoms with Gasteiger partial charge in [0.05, 0.1) is 13.2 Å². The number of thiophene rings is 1. The second kappa shape index (κ2) is 8.08. The van der Waals surface area contributed by atoms with Crippen molar-refractivity contribution in [2.24, 2.45) is 4.99 Å². The summed E-state index contributed by atoms with van der Waals surface area (Å²) in [5.41, 5.74) is 0. The van der Waals surface area contributed by atoms with Crippen LogP contribution in [0.5, 0.6) is 0 Å². The third kappa shape index (κ3) is 5.19. The predicted molar refractivity (Wildman–Crippen MR) is 73.8 cm³/mol. The van der Waals surface area contributed by atoms with Crippen LogP contribution in [0, 0.1) is 0 Å². The largest absolute Gasteiger partial charge is 0.395 e. The molecule has 0 saturated heterocycles. The third-order valence-electron chi connectivity index (χ3n) is 2.30. The number of nitrogens with one attached hydrogen (secondary N) is 2. The fourth-order valence-electron chi connectivity index (χ4n) is 1.41. The minimum absolute atomic E-state index is 0.116. The Labute approximate surface area is 107 Å². The second-order valence-corrected chi connectivity index (χ2v) is 4.77. The monoisotopic (exact) mass is 255 g/mol. The van der Waals surface area contributed by atoms with Gasteiger partial charge in [0.25, 0.3) is 0 Å². The summed E-state index contributed by atoms with van der Waals surface area (Å²) in [6.45, 7) is 6.42. The highest BCUT2D eigenvalue weighted by molar-refractivity contribution is 7.10. The van der Waals surface area contributed by atoms with E-state index in [1.807, 2.05) is 6.92 Å². The molecule has 1 atom stereocenters. The highest BCUT2D eigenvalue weighted by Gasteiger charge is 2.06. The smallest absolute Gasteiger partial charge is 0.191 e. The van der Waals surface area contributed by atoms with Crippen molar-refractivity contribution in [2.75, 3.05) is 26.2 Å². The van der Waals surface area contributed by atoms with Crippen LogP contribution in [-0.2, 0) is 0 Å². The molecule has 0 saturated carbocycles. The van der Waals surface area contributed by atoms with E-state index < -0.39 is 0 Å². The average Bonchev–Trinajstić information content (AvgIpc) is 2.86. The Morgan fingerprint density at radius 1 is 1.53 bits per heavy atom. The van der Waals surface area contributed by atoms with Gasteiger partial charge in [-0.25, -0.2) is 0 Å². The summed E-state index contributed by atoms with van der Waals surface area (Å²) >= 11 is 1.76. The van der Waals surface area contributed by atoms with E-state index in [1.54, 1.807) is 11.3 Å². The molecule has 17 heavy (non-hydrogen) atoms. The summed E-state index contributed by atoms with van der Waals surface area (Å²) in [7, 11) is 0. The van der Waals surface area contributed by atoms with E-state index in [0.717, 1.165) is 19.0 Å². The molecule has 0 aliphatic carbocycles. The molecule has 1 unspecified atom stereocenters. The number of aliphatic imine (C=N–C) groups is 1. The Kier molecular flexibility index (Phi) is 6.65. The standard InChI is InChI=1S/C12H21N3OS/c1-3-13-12(14-6-7-16)15-9-10(2)11-5-4-8-17-11/h4-5,8,10,16H,3,6-7,9H2,1-2H3,(H2,13,14,15). The molecule has 96 valence electrons. The molecule has 3 N–H and O–H groups in total. The Morgan fingerprint density at radius 2 is 2.35 bits per heavy atom. The fraction of sp³-hybridized carbons (Fsp3) is 0.583. The van der Waals surface area contributed by atoms with Gasteiger partial charge in [0.2, 0.25) is 0 Å². The number of nitrogens with zero attached hydrogens (tertiary/aromatic N) is 1. The van der Waals surface area contributed by atoms with E-state index in [-0.39, 0.29) is 6.61 Å². The van der Waals surface area contributed by atoms with Gasteiger partial charge < -0.3 is 15.7 Å². The van der Waals surface area contributed by atoms with Crippen molar-refractivity contribution in [1.29, 1.82) is 0 Å². The van der Waals surface area contributed by atoms with E-state index in [2.05, 4.69) is 40.1 Å². The summed E-state index contributed by atoms with van der Waals surface area (Å²) < 4.78 is 0. The minimum Gasteiger partial charge on any atom is -0.395 e. The van der Waals surface area contributed by atoms with E-state index >= 15 is 0 Å². The van der Waals surface area contributed by atoms with Crippen molar-refractivity contribution in [3.05, 3.63) is 22.4 Å². The highest BCUT2D eigenvalue weighted by atomic mass is 32.1. The molecule has 4 nitrogen and oxygen atoms in total. The molecular formula is C12H21N3OS. The summed E-state index contributed by atoms with van der Waals surface area (Å²) in [5, 5.41) is 17.1. The van der Waals surface area contributed by atoms with Gasteiger partial charge in [0.15, 0.2) is 5.96 Å². The maximum Gasteiger partial charge on any atom is 0.191 e. The molecule has 0 aliphatic heterocycles. The number of aliphatic hydroxyl groups is 1. The molecule has 1 aromatic heterocycles. The lowest BCUT2D eigenvalue weighted by molar-refractivity contribution is 0.300.